The van der Waals surface area contributed by atoms with Crippen molar-refractivity contribution < 1.29 is 0 Å². The minimum absolute atomic E-state index is 0.142. The Morgan fingerprint density at radius 2 is 0.842 bits per heavy atom. The lowest BCUT2D eigenvalue weighted by molar-refractivity contribution is 0.663. The molecule has 2 heteroatoms. The van der Waals surface area contributed by atoms with Crippen molar-refractivity contribution in [1.82, 2.24) is 9.97 Å². The van der Waals surface area contributed by atoms with Crippen LogP contribution in [0.4, 0.5) is 0 Å². The van der Waals surface area contributed by atoms with Crippen molar-refractivity contribution >= 4 is 32.3 Å². The Labute approximate surface area is 332 Å². The second kappa shape index (κ2) is 13.0. The van der Waals surface area contributed by atoms with Crippen molar-refractivity contribution in [3.05, 3.63) is 205 Å². The van der Waals surface area contributed by atoms with E-state index in [2.05, 4.69) is 190 Å². The Hall–Kier alpha value is -7.16. The van der Waals surface area contributed by atoms with E-state index >= 15 is 0 Å². The lowest BCUT2D eigenvalue weighted by Gasteiger charge is -2.25. The monoisotopic (exact) mass is 726 g/mol. The Morgan fingerprint density at radius 3 is 1.61 bits per heavy atom. The van der Waals surface area contributed by atoms with Crippen LogP contribution < -0.4 is 0 Å². The summed E-state index contributed by atoms with van der Waals surface area (Å²) in [7, 11) is 0. The summed E-state index contributed by atoms with van der Waals surface area (Å²) in [6, 6.07) is 70.2. The summed E-state index contributed by atoms with van der Waals surface area (Å²) in [6.45, 7) is 4.77. The van der Waals surface area contributed by atoms with Gasteiger partial charge < -0.3 is 0 Å². The molecule has 1 aromatic heterocycles. The van der Waals surface area contributed by atoms with Crippen molar-refractivity contribution in [2.75, 3.05) is 0 Å². The van der Waals surface area contributed by atoms with Gasteiger partial charge in [-0.25, -0.2) is 9.97 Å². The zero-order valence-corrected chi connectivity index (χ0v) is 31.9. The average molecular weight is 727 g/mol. The summed E-state index contributed by atoms with van der Waals surface area (Å²) in [5, 5.41) is 7.29. The number of benzene rings is 9. The van der Waals surface area contributed by atoms with Crippen LogP contribution in [0.5, 0.6) is 0 Å². The highest BCUT2D eigenvalue weighted by molar-refractivity contribution is 6.06. The zero-order chi connectivity index (χ0) is 38.1. The summed E-state index contributed by atoms with van der Waals surface area (Å²) >= 11 is 0. The highest BCUT2D eigenvalue weighted by Gasteiger charge is 2.37. The van der Waals surface area contributed by atoms with Crippen molar-refractivity contribution in [3.63, 3.8) is 0 Å². The fraction of sp³-hybridized carbons (Fsp3) is 0.0545. The molecule has 0 atom stereocenters. The number of hydrogen-bond donors (Lipinski definition) is 0. The van der Waals surface area contributed by atoms with Gasteiger partial charge in [0.05, 0.1) is 11.4 Å². The third-order valence-electron chi connectivity index (χ3n) is 12.0. The Bertz CT molecular complexity index is 3210. The van der Waals surface area contributed by atoms with Crippen LogP contribution in [0.25, 0.3) is 99.6 Å². The summed E-state index contributed by atoms with van der Waals surface area (Å²) in [5.74, 6) is 0.713. The largest absolute Gasteiger partial charge is 0.228 e. The van der Waals surface area contributed by atoms with E-state index in [1.807, 2.05) is 18.2 Å². The van der Waals surface area contributed by atoms with E-state index in [1.165, 1.54) is 71.4 Å². The lowest BCUT2D eigenvalue weighted by Crippen LogP contribution is -2.16. The molecule has 1 aliphatic carbocycles. The number of nitrogens with zero attached hydrogens (tertiary/aromatic N) is 2. The smallest absolute Gasteiger partial charge is 0.160 e. The van der Waals surface area contributed by atoms with E-state index in [9.17, 15) is 0 Å². The summed E-state index contributed by atoms with van der Waals surface area (Å²) in [6.07, 6.45) is 0. The summed E-state index contributed by atoms with van der Waals surface area (Å²) < 4.78 is 0. The molecule has 0 N–H and O–H groups in total. The van der Waals surface area contributed by atoms with Gasteiger partial charge in [-0.3, -0.25) is 0 Å². The molecule has 0 radical (unpaired) electrons. The van der Waals surface area contributed by atoms with Gasteiger partial charge in [0.2, 0.25) is 0 Å². The van der Waals surface area contributed by atoms with Gasteiger partial charge in [-0.05, 0) is 101 Å². The van der Waals surface area contributed by atoms with Gasteiger partial charge in [-0.2, -0.15) is 0 Å². The molecule has 10 aromatic rings. The first-order chi connectivity index (χ1) is 28.0. The maximum absolute atomic E-state index is 5.26. The molecule has 9 aromatic carbocycles. The number of rotatable bonds is 5. The van der Waals surface area contributed by atoms with Crippen LogP contribution in [0, 0.1) is 0 Å². The van der Waals surface area contributed by atoms with Gasteiger partial charge in [0.25, 0.3) is 0 Å². The number of aromatic nitrogens is 2. The molecule has 0 unspecified atom stereocenters. The number of fused-ring (bicyclic) bond motifs is 6. The molecule has 11 rings (SSSR count). The van der Waals surface area contributed by atoms with Crippen molar-refractivity contribution in [2.24, 2.45) is 0 Å². The van der Waals surface area contributed by atoms with Crippen molar-refractivity contribution in [1.29, 1.82) is 0 Å². The maximum Gasteiger partial charge on any atom is 0.160 e. The first-order valence-corrected chi connectivity index (χ1v) is 19.7. The molecule has 0 bridgehead atoms. The molecule has 0 saturated carbocycles. The SMILES string of the molecule is CC1(C)c2cc3ccccc3cc2-c2cccc(-c3cccc(-c4ccc(-c5cc(-c6cccc7ccccc67)nc(-c6ccccc6)n5)c5ccccc45)c3)c21. The van der Waals surface area contributed by atoms with Gasteiger partial charge in [0.1, 0.15) is 0 Å². The molecule has 0 spiro atoms. The fourth-order valence-corrected chi connectivity index (χ4v) is 9.32. The van der Waals surface area contributed by atoms with E-state index in [1.54, 1.807) is 0 Å². The van der Waals surface area contributed by atoms with Crippen LogP contribution in [0.15, 0.2) is 194 Å². The number of hydrogen-bond acceptors (Lipinski definition) is 2. The third-order valence-corrected chi connectivity index (χ3v) is 12.0. The molecule has 0 amide bonds. The lowest BCUT2D eigenvalue weighted by atomic mass is 9.78. The topological polar surface area (TPSA) is 25.8 Å². The predicted molar refractivity (Wildman–Crippen MR) is 239 cm³/mol. The van der Waals surface area contributed by atoms with Gasteiger partial charge in [-0.15, -0.1) is 0 Å². The van der Waals surface area contributed by atoms with Gasteiger partial charge in [0.15, 0.2) is 5.82 Å². The standard InChI is InChI=1S/C55H38N2/c1-55(2)50-33-38-19-7-6-18-37(38)32-49(50)48-28-14-26-43(53(48)55)40-22-12-21-39(31-40)42-29-30-47(45-25-11-10-24-44(42)45)52-34-51(56-54(57-52)36-16-4-3-5-17-36)46-27-13-20-35-15-8-9-23-41(35)46/h3-34H,1-2H3. The van der Waals surface area contributed by atoms with Gasteiger partial charge >= 0.3 is 0 Å². The van der Waals surface area contributed by atoms with Gasteiger partial charge in [-0.1, -0.05) is 184 Å². The molecule has 268 valence electrons. The quantitative estimate of drug-likeness (QED) is 0.176. The normalized spacial score (nSPS) is 12.9. The van der Waals surface area contributed by atoms with E-state index in [-0.39, 0.29) is 5.41 Å². The first-order valence-electron chi connectivity index (χ1n) is 19.7. The molecule has 0 aliphatic heterocycles. The van der Waals surface area contributed by atoms with Crippen LogP contribution in [-0.4, -0.2) is 9.97 Å². The zero-order valence-electron chi connectivity index (χ0n) is 31.9. The first kappa shape index (κ1) is 33.2. The molecule has 1 aliphatic rings. The van der Waals surface area contributed by atoms with Crippen molar-refractivity contribution in [3.8, 4) is 67.3 Å². The second-order valence-corrected chi connectivity index (χ2v) is 15.7. The highest BCUT2D eigenvalue weighted by Crippen LogP contribution is 2.53. The van der Waals surface area contributed by atoms with E-state index in [0.29, 0.717) is 5.82 Å². The minimum atomic E-state index is -0.142. The highest BCUT2D eigenvalue weighted by atomic mass is 14.9. The van der Waals surface area contributed by atoms with Crippen LogP contribution in [0.2, 0.25) is 0 Å². The Morgan fingerprint density at radius 1 is 0.333 bits per heavy atom. The molecular formula is C55H38N2. The van der Waals surface area contributed by atoms with E-state index in [0.717, 1.165) is 33.5 Å². The summed E-state index contributed by atoms with van der Waals surface area (Å²) in [4.78, 5) is 10.4. The summed E-state index contributed by atoms with van der Waals surface area (Å²) in [5.41, 5.74) is 15.2. The van der Waals surface area contributed by atoms with Gasteiger partial charge in [0, 0.05) is 22.1 Å². The van der Waals surface area contributed by atoms with E-state index in [4.69, 9.17) is 9.97 Å². The Kier molecular flexibility index (Phi) is 7.55. The molecule has 0 saturated heterocycles. The molecular weight excluding hydrogens is 689 g/mol. The molecule has 57 heavy (non-hydrogen) atoms. The maximum atomic E-state index is 5.26. The minimum Gasteiger partial charge on any atom is -0.228 e. The predicted octanol–water partition coefficient (Wildman–Crippen LogP) is 14.6. The fourth-order valence-electron chi connectivity index (χ4n) is 9.32. The van der Waals surface area contributed by atoms with Crippen LogP contribution in [-0.2, 0) is 5.41 Å². The average Bonchev–Trinajstić information content (AvgIpc) is 3.50. The second-order valence-electron chi connectivity index (χ2n) is 15.7. The molecule has 2 nitrogen and oxygen atoms in total. The Balaban J connectivity index is 1.05. The van der Waals surface area contributed by atoms with E-state index < -0.39 is 0 Å². The molecule has 0 fully saturated rings. The van der Waals surface area contributed by atoms with Crippen LogP contribution >= 0.6 is 0 Å². The van der Waals surface area contributed by atoms with Crippen LogP contribution in [0.1, 0.15) is 25.0 Å². The molecule has 1 heterocycles. The van der Waals surface area contributed by atoms with Crippen molar-refractivity contribution in [2.45, 2.75) is 19.3 Å². The third kappa shape index (κ3) is 5.40. The van der Waals surface area contributed by atoms with Crippen LogP contribution in [0.3, 0.4) is 0 Å².